The molecule has 1 saturated carbocycles. The molecule has 4 nitrogen and oxygen atoms in total. The molecule has 144 valence electrons. The van der Waals surface area contributed by atoms with Crippen LogP contribution in [0.1, 0.15) is 73.1 Å². The van der Waals surface area contributed by atoms with Crippen LogP contribution in [0.15, 0.2) is 24.3 Å². The molecule has 0 aliphatic heterocycles. The number of ether oxygens (including phenoxy) is 1. The summed E-state index contributed by atoms with van der Waals surface area (Å²) in [4.78, 5) is 13.0. The van der Waals surface area contributed by atoms with Crippen molar-refractivity contribution in [2.45, 2.75) is 83.9 Å². The third-order valence-corrected chi connectivity index (χ3v) is 6.31. The quantitative estimate of drug-likeness (QED) is 0.312. The first-order valence-corrected chi connectivity index (χ1v) is 10.4. The first-order valence-electron chi connectivity index (χ1n) is 9.23. The number of esters is 1. The van der Waals surface area contributed by atoms with Crippen molar-refractivity contribution in [2.75, 3.05) is 6.61 Å². The van der Waals surface area contributed by atoms with Crippen LogP contribution in [-0.2, 0) is 20.9 Å². The minimum absolute atomic E-state index is 0.150. The number of allylic oxidation sites excluding steroid dienone is 2. The van der Waals surface area contributed by atoms with Gasteiger partial charge in [0.05, 0.1) is 11.5 Å². The highest BCUT2D eigenvalue weighted by Crippen LogP contribution is 2.41. The second-order valence-corrected chi connectivity index (χ2v) is 10.2. The van der Waals surface area contributed by atoms with Gasteiger partial charge in [-0.05, 0) is 53.9 Å². The molecule has 1 fully saturated rings. The van der Waals surface area contributed by atoms with Gasteiger partial charge >= 0.3 is 5.97 Å². The first kappa shape index (κ1) is 22.3. The van der Waals surface area contributed by atoms with Crippen LogP contribution in [0.4, 0.5) is 0 Å². The fourth-order valence-electron chi connectivity index (χ4n) is 3.13. The molecule has 0 heterocycles. The number of carbonyl (C=O) groups excluding carboxylic acids is 1. The molecular formula is C20H35NO3S. The Labute approximate surface area is 156 Å². The van der Waals surface area contributed by atoms with Crippen molar-refractivity contribution >= 4 is 17.3 Å². The van der Waals surface area contributed by atoms with Crippen molar-refractivity contribution in [2.24, 2.45) is 5.41 Å². The lowest BCUT2D eigenvalue weighted by molar-refractivity contribution is -0.156. The Morgan fingerprint density at radius 3 is 2.60 bits per heavy atom. The summed E-state index contributed by atoms with van der Waals surface area (Å²) in [6.07, 6.45) is 9.02. The number of hydrogen-bond acceptors (Lipinski definition) is 4. The van der Waals surface area contributed by atoms with E-state index in [1.54, 1.807) is 6.08 Å². The van der Waals surface area contributed by atoms with E-state index in [1.807, 2.05) is 34.6 Å². The highest BCUT2D eigenvalue weighted by Gasteiger charge is 2.49. The van der Waals surface area contributed by atoms with Crippen LogP contribution < -0.4 is 4.72 Å². The van der Waals surface area contributed by atoms with Gasteiger partial charge in [-0.3, -0.25) is 4.79 Å². The van der Waals surface area contributed by atoms with E-state index >= 15 is 0 Å². The third-order valence-electron chi connectivity index (χ3n) is 4.70. The molecule has 0 bridgehead atoms. The zero-order valence-electron chi connectivity index (χ0n) is 16.5. The molecule has 1 N–H and O–H groups in total. The molecule has 0 aromatic heterocycles. The van der Waals surface area contributed by atoms with Crippen LogP contribution in [0.2, 0.25) is 0 Å². The normalized spacial score (nSPS) is 25.6. The molecule has 0 aromatic rings. The summed E-state index contributed by atoms with van der Waals surface area (Å²) >= 11 is -1.22. The standard InChI is InChI=1S/C20H35NO3S/c1-7-15-24-18(22)20(14-12-16(2)3)13-10-8-9-11-17(20)21-25(23)19(4,5)6/h7,12,17,21H,1,8-11,13-15H2,2-6H3/t17-,20+,25?/m1/s1. The Morgan fingerprint density at radius 2 is 2.04 bits per heavy atom. The zero-order chi connectivity index (χ0) is 19.1. The van der Waals surface area contributed by atoms with Crippen LogP contribution >= 0.6 is 0 Å². The Hall–Kier alpha value is -0.780. The molecule has 0 aromatic carbocycles. The predicted molar refractivity (Wildman–Crippen MR) is 106 cm³/mol. The van der Waals surface area contributed by atoms with Crippen LogP contribution in [0.3, 0.4) is 0 Å². The van der Waals surface area contributed by atoms with E-state index in [0.29, 0.717) is 6.42 Å². The fraction of sp³-hybridized carbons (Fsp3) is 0.750. The van der Waals surface area contributed by atoms with Crippen LogP contribution in [0, 0.1) is 5.41 Å². The smallest absolute Gasteiger partial charge is 0.314 e. The second kappa shape index (κ2) is 9.79. The summed E-state index contributed by atoms with van der Waals surface area (Å²) in [5.74, 6) is -0.199. The monoisotopic (exact) mass is 369 g/mol. The van der Waals surface area contributed by atoms with Gasteiger partial charge in [0.2, 0.25) is 0 Å². The van der Waals surface area contributed by atoms with Crippen molar-refractivity contribution in [1.29, 1.82) is 0 Å². The van der Waals surface area contributed by atoms with E-state index in [2.05, 4.69) is 17.4 Å². The molecular weight excluding hydrogens is 334 g/mol. The van der Waals surface area contributed by atoms with Gasteiger partial charge in [-0.25, -0.2) is 0 Å². The van der Waals surface area contributed by atoms with E-state index in [9.17, 15) is 9.35 Å². The highest BCUT2D eigenvalue weighted by molar-refractivity contribution is 7.90. The van der Waals surface area contributed by atoms with Gasteiger partial charge in [0.1, 0.15) is 11.4 Å². The predicted octanol–water partition coefficient (Wildman–Crippen LogP) is 4.44. The number of hydrogen-bond donors (Lipinski definition) is 1. The van der Waals surface area contributed by atoms with Gasteiger partial charge in [-0.15, -0.1) is 4.72 Å². The largest absolute Gasteiger partial charge is 0.598 e. The van der Waals surface area contributed by atoms with Crippen molar-refractivity contribution in [3.05, 3.63) is 24.3 Å². The van der Waals surface area contributed by atoms with Crippen LogP contribution in [0.25, 0.3) is 0 Å². The molecule has 1 aliphatic rings. The molecule has 5 heteroatoms. The van der Waals surface area contributed by atoms with Gasteiger partial charge in [0.15, 0.2) is 0 Å². The molecule has 1 rings (SSSR count). The second-order valence-electron chi connectivity index (χ2n) is 8.18. The summed E-state index contributed by atoms with van der Waals surface area (Å²) in [5, 5.41) is 0. The van der Waals surface area contributed by atoms with E-state index in [1.165, 1.54) is 5.57 Å². The van der Waals surface area contributed by atoms with Gasteiger partial charge in [-0.1, -0.05) is 43.6 Å². The van der Waals surface area contributed by atoms with Crippen molar-refractivity contribution in [3.63, 3.8) is 0 Å². The lowest BCUT2D eigenvalue weighted by atomic mass is 9.73. The molecule has 0 saturated heterocycles. The molecule has 0 radical (unpaired) electrons. The topological polar surface area (TPSA) is 61.4 Å². The molecule has 1 unspecified atom stereocenters. The minimum atomic E-state index is -1.22. The van der Waals surface area contributed by atoms with Crippen molar-refractivity contribution in [1.82, 2.24) is 4.72 Å². The van der Waals surface area contributed by atoms with Crippen molar-refractivity contribution < 1.29 is 14.1 Å². The SMILES string of the molecule is C=CCOC(=O)[C@]1(CC=C(C)C)CCCCC[C@H]1N[S+]([O-])C(C)(C)C. The highest BCUT2D eigenvalue weighted by atomic mass is 32.2. The van der Waals surface area contributed by atoms with Crippen LogP contribution in [0.5, 0.6) is 0 Å². The van der Waals surface area contributed by atoms with E-state index in [4.69, 9.17) is 4.74 Å². The third kappa shape index (κ3) is 6.46. The Morgan fingerprint density at radius 1 is 1.36 bits per heavy atom. The Balaban J connectivity index is 3.19. The maximum absolute atomic E-state index is 13.0. The Bertz CT molecular complexity index is 480. The molecule has 3 atom stereocenters. The molecule has 0 amide bonds. The zero-order valence-corrected chi connectivity index (χ0v) is 17.3. The maximum Gasteiger partial charge on any atom is 0.314 e. The maximum atomic E-state index is 13.0. The number of carbonyl (C=O) groups is 1. The fourth-order valence-corrected chi connectivity index (χ4v) is 4.09. The lowest BCUT2D eigenvalue weighted by Crippen LogP contribution is -2.55. The van der Waals surface area contributed by atoms with E-state index in [-0.39, 0.29) is 23.4 Å². The molecule has 25 heavy (non-hydrogen) atoms. The first-order chi connectivity index (χ1) is 11.6. The summed E-state index contributed by atoms with van der Waals surface area (Å²) in [7, 11) is 0. The number of nitrogens with one attached hydrogen (secondary N) is 1. The van der Waals surface area contributed by atoms with E-state index in [0.717, 1.165) is 32.1 Å². The van der Waals surface area contributed by atoms with Gasteiger partial charge in [-0.2, -0.15) is 0 Å². The summed E-state index contributed by atoms with van der Waals surface area (Å²) < 4.78 is 21.1. The summed E-state index contributed by atoms with van der Waals surface area (Å²) in [6, 6.07) is -0.150. The van der Waals surface area contributed by atoms with Crippen LogP contribution in [-0.4, -0.2) is 27.9 Å². The Kier molecular flexibility index (Phi) is 8.72. The molecule has 0 spiro atoms. The lowest BCUT2D eigenvalue weighted by Gasteiger charge is -2.38. The average molecular weight is 370 g/mol. The minimum Gasteiger partial charge on any atom is -0.598 e. The molecule has 1 aliphatic carbocycles. The summed E-state index contributed by atoms with van der Waals surface area (Å²) in [5.41, 5.74) is 0.508. The number of rotatable bonds is 7. The van der Waals surface area contributed by atoms with Gasteiger partial charge in [0, 0.05) is 11.4 Å². The average Bonchev–Trinajstić information content (AvgIpc) is 2.73. The summed E-state index contributed by atoms with van der Waals surface area (Å²) in [6.45, 7) is 13.8. The van der Waals surface area contributed by atoms with Crippen molar-refractivity contribution in [3.8, 4) is 0 Å². The van der Waals surface area contributed by atoms with E-state index < -0.39 is 16.8 Å². The van der Waals surface area contributed by atoms with Gasteiger partial charge < -0.3 is 9.29 Å². The van der Waals surface area contributed by atoms with Gasteiger partial charge in [0.25, 0.3) is 0 Å².